The van der Waals surface area contributed by atoms with Crippen molar-refractivity contribution >= 4 is 17.2 Å². The summed E-state index contributed by atoms with van der Waals surface area (Å²) < 4.78 is 0. The van der Waals surface area contributed by atoms with E-state index < -0.39 is 0 Å². The van der Waals surface area contributed by atoms with Crippen molar-refractivity contribution in [3.05, 3.63) is 52.0 Å². The smallest absolute Gasteiger partial charge is 0.225 e. The van der Waals surface area contributed by atoms with Gasteiger partial charge in [0.15, 0.2) is 0 Å². The Morgan fingerprint density at radius 3 is 2.96 bits per heavy atom. The molecule has 4 rings (SSSR count). The van der Waals surface area contributed by atoms with Crippen molar-refractivity contribution in [2.24, 2.45) is 5.92 Å². The monoisotopic (exact) mass is 341 g/mol. The molecule has 0 bridgehead atoms. The number of carbonyl (C=O) groups excluding carboxylic acids is 1. The third-order valence-electron chi connectivity index (χ3n) is 5.32. The van der Waals surface area contributed by atoms with E-state index in [2.05, 4.69) is 45.5 Å². The predicted molar refractivity (Wildman–Crippen MR) is 95.7 cm³/mol. The molecule has 0 radical (unpaired) electrons. The molecular weight excluding hydrogens is 318 g/mol. The molecule has 126 valence electrons. The number of benzene rings is 1. The second kappa shape index (κ2) is 6.65. The van der Waals surface area contributed by atoms with E-state index in [0.717, 1.165) is 30.1 Å². The topological polar surface area (TPSA) is 45.2 Å². The summed E-state index contributed by atoms with van der Waals surface area (Å²) in [7, 11) is 0. The van der Waals surface area contributed by atoms with Crippen LogP contribution in [0.4, 0.5) is 0 Å². The van der Waals surface area contributed by atoms with Gasteiger partial charge in [0.1, 0.15) is 0 Å². The van der Waals surface area contributed by atoms with Gasteiger partial charge < -0.3 is 5.32 Å². The fourth-order valence-corrected chi connectivity index (χ4v) is 4.86. The van der Waals surface area contributed by atoms with Crippen molar-refractivity contribution < 1.29 is 4.79 Å². The number of aromatic nitrogens is 1. The fraction of sp³-hybridized carbons (Fsp3) is 0.474. The highest BCUT2D eigenvalue weighted by molar-refractivity contribution is 7.09. The molecule has 3 atom stereocenters. The standard InChI is InChI=1S/C19H23N3OS/c1-13-21-15(12-24-13)11-20-19(23)16-10-18(14-6-3-2-4-7-14)22-9-5-8-17(16)22/h2-4,6-7,12,16-18H,5,8-11H2,1H3,(H,20,23)/t16-,17+,18-/m0/s1. The summed E-state index contributed by atoms with van der Waals surface area (Å²) in [6.07, 6.45) is 3.26. The maximum atomic E-state index is 12.8. The number of rotatable bonds is 4. The minimum atomic E-state index is 0.0949. The van der Waals surface area contributed by atoms with E-state index >= 15 is 0 Å². The van der Waals surface area contributed by atoms with Crippen molar-refractivity contribution in [1.29, 1.82) is 0 Å². The van der Waals surface area contributed by atoms with Crippen LogP contribution in [0.5, 0.6) is 0 Å². The Balaban J connectivity index is 1.46. The molecule has 2 fully saturated rings. The van der Waals surface area contributed by atoms with Gasteiger partial charge in [-0.3, -0.25) is 9.69 Å². The third kappa shape index (κ3) is 2.98. The maximum Gasteiger partial charge on any atom is 0.225 e. The molecule has 24 heavy (non-hydrogen) atoms. The van der Waals surface area contributed by atoms with Crippen LogP contribution in [0.15, 0.2) is 35.7 Å². The Labute approximate surface area is 146 Å². The van der Waals surface area contributed by atoms with Crippen molar-refractivity contribution in [2.45, 2.75) is 44.8 Å². The minimum absolute atomic E-state index is 0.0949. The molecule has 3 heterocycles. The van der Waals surface area contributed by atoms with Crippen LogP contribution in [0, 0.1) is 12.8 Å². The SMILES string of the molecule is Cc1nc(CNC(=O)[C@H]2C[C@@H](c3ccccc3)N3CCC[C@H]23)cs1. The van der Waals surface area contributed by atoms with Gasteiger partial charge in [-0.2, -0.15) is 0 Å². The summed E-state index contributed by atoms with van der Waals surface area (Å²) in [4.78, 5) is 19.8. The van der Waals surface area contributed by atoms with Gasteiger partial charge in [-0.15, -0.1) is 11.3 Å². The van der Waals surface area contributed by atoms with E-state index in [-0.39, 0.29) is 11.8 Å². The van der Waals surface area contributed by atoms with Gasteiger partial charge in [0.2, 0.25) is 5.91 Å². The average Bonchev–Trinajstić information content (AvgIpc) is 3.29. The molecule has 2 aromatic rings. The van der Waals surface area contributed by atoms with Gasteiger partial charge >= 0.3 is 0 Å². The number of nitrogens with zero attached hydrogens (tertiary/aromatic N) is 2. The lowest BCUT2D eigenvalue weighted by Gasteiger charge is -2.24. The molecule has 4 nitrogen and oxygen atoms in total. The van der Waals surface area contributed by atoms with Crippen molar-refractivity contribution in [3.63, 3.8) is 0 Å². The number of hydrogen-bond acceptors (Lipinski definition) is 4. The first-order chi connectivity index (χ1) is 11.7. The molecule has 2 aliphatic heterocycles. The zero-order chi connectivity index (χ0) is 16.5. The molecule has 2 saturated heterocycles. The Bertz CT molecular complexity index is 714. The van der Waals surface area contributed by atoms with Crippen molar-refractivity contribution in [2.75, 3.05) is 6.54 Å². The largest absolute Gasteiger partial charge is 0.350 e. The lowest BCUT2D eigenvalue weighted by atomic mass is 9.93. The van der Waals surface area contributed by atoms with E-state index in [1.165, 1.54) is 12.0 Å². The number of nitrogens with one attached hydrogen (secondary N) is 1. The molecule has 2 aliphatic rings. The second-order valence-electron chi connectivity index (χ2n) is 6.79. The number of carbonyl (C=O) groups is 1. The quantitative estimate of drug-likeness (QED) is 0.928. The van der Waals surface area contributed by atoms with Crippen LogP contribution in [0.2, 0.25) is 0 Å². The number of thiazole rings is 1. The van der Waals surface area contributed by atoms with Gasteiger partial charge in [0, 0.05) is 17.5 Å². The number of fused-ring (bicyclic) bond motifs is 1. The maximum absolute atomic E-state index is 12.8. The third-order valence-corrected chi connectivity index (χ3v) is 6.14. The van der Waals surface area contributed by atoms with E-state index in [0.29, 0.717) is 18.6 Å². The zero-order valence-electron chi connectivity index (χ0n) is 13.9. The lowest BCUT2D eigenvalue weighted by molar-refractivity contribution is -0.125. The lowest BCUT2D eigenvalue weighted by Crippen LogP contribution is -2.37. The highest BCUT2D eigenvalue weighted by atomic mass is 32.1. The van der Waals surface area contributed by atoms with Crippen molar-refractivity contribution in [3.8, 4) is 0 Å². The van der Waals surface area contributed by atoms with E-state index in [1.54, 1.807) is 11.3 Å². The Morgan fingerprint density at radius 2 is 2.21 bits per heavy atom. The summed E-state index contributed by atoms with van der Waals surface area (Å²) in [6, 6.07) is 11.4. The molecule has 0 saturated carbocycles. The summed E-state index contributed by atoms with van der Waals surface area (Å²) in [5.74, 6) is 0.286. The molecule has 1 aromatic heterocycles. The van der Waals surface area contributed by atoms with Crippen LogP contribution in [-0.2, 0) is 11.3 Å². The zero-order valence-corrected chi connectivity index (χ0v) is 14.8. The molecule has 0 aliphatic carbocycles. The first kappa shape index (κ1) is 15.8. The summed E-state index contributed by atoms with van der Waals surface area (Å²) >= 11 is 1.63. The molecule has 1 amide bonds. The number of amides is 1. The van der Waals surface area contributed by atoms with E-state index in [4.69, 9.17) is 0 Å². The van der Waals surface area contributed by atoms with Gasteiger partial charge in [-0.25, -0.2) is 4.98 Å². The Kier molecular flexibility index (Phi) is 4.37. The van der Waals surface area contributed by atoms with Crippen LogP contribution >= 0.6 is 11.3 Å². The molecule has 0 unspecified atom stereocenters. The number of hydrogen-bond donors (Lipinski definition) is 1. The average molecular weight is 341 g/mol. The van der Waals surface area contributed by atoms with Gasteiger partial charge in [-0.1, -0.05) is 30.3 Å². The summed E-state index contributed by atoms with van der Waals surface area (Å²) in [5.41, 5.74) is 2.31. The van der Waals surface area contributed by atoms with Gasteiger partial charge in [0.05, 0.1) is 23.2 Å². The van der Waals surface area contributed by atoms with Crippen LogP contribution in [0.25, 0.3) is 0 Å². The predicted octanol–water partition coefficient (Wildman–Crippen LogP) is 3.29. The molecule has 0 spiro atoms. The summed E-state index contributed by atoms with van der Waals surface area (Å²) in [5, 5.41) is 6.19. The highest BCUT2D eigenvalue weighted by Crippen LogP contribution is 2.44. The van der Waals surface area contributed by atoms with Gasteiger partial charge in [-0.05, 0) is 38.3 Å². The second-order valence-corrected chi connectivity index (χ2v) is 7.85. The molecular formula is C19H23N3OS. The van der Waals surface area contributed by atoms with Crippen molar-refractivity contribution in [1.82, 2.24) is 15.2 Å². The Morgan fingerprint density at radius 1 is 1.38 bits per heavy atom. The fourth-order valence-electron chi connectivity index (χ4n) is 4.25. The highest BCUT2D eigenvalue weighted by Gasteiger charge is 2.46. The van der Waals surface area contributed by atoms with E-state index in [9.17, 15) is 4.79 Å². The number of aryl methyl sites for hydroxylation is 1. The first-order valence-electron chi connectivity index (χ1n) is 8.72. The molecule has 1 aromatic carbocycles. The molecule has 1 N–H and O–H groups in total. The minimum Gasteiger partial charge on any atom is -0.350 e. The van der Waals surface area contributed by atoms with E-state index in [1.807, 2.05) is 12.3 Å². The summed E-state index contributed by atoms with van der Waals surface area (Å²) in [6.45, 7) is 3.65. The first-order valence-corrected chi connectivity index (χ1v) is 9.60. The molecule has 5 heteroatoms. The Hall–Kier alpha value is -1.72. The normalized spacial score (nSPS) is 26.5. The van der Waals surface area contributed by atoms with Gasteiger partial charge in [0.25, 0.3) is 0 Å². The van der Waals surface area contributed by atoms with Crippen LogP contribution in [0.3, 0.4) is 0 Å². The van der Waals surface area contributed by atoms with Crippen LogP contribution < -0.4 is 5.32 Å². The van der Waals surface area contributed by atoms with Crippen LogP contribution in [0.1, 0.15) is 41.6 Å². The van der Waals surface area contributed by atoms with Crippen LogP contribution in [-0.4, -0.2) is 28.4 Å².